The van der Waals surface area contributed by atoms with Crippen molar-refractivity contribution >= 4 is 21.7 Å². The number of aromatic carboxylic acids is 1. The summed E-state index contributed by atoms with van der Waals surface area (Å²) in [5.74, 6) is -0.925. The van der Waals surface area contributed by atoms with Crippen molar-refractivity contribution in [2.75, 3.05) is 18.9 Å². The number of ether oxygens (including phenoxy) is 2. The van der Waals surface area contributed by atoms with E-state index in [-0.39, 0.29) is 27.9 Å². The van der Waals surface area contributed by atoms with Crippen molar-refractivity contribution in [3.8, 4) is 11.8 Å². The molecule has 0 spiro atoms. The quantitative estimate of drug-likeness (QED) is 0.822. The normalized spacial score (nSPS) is 10.9. The Bertz CT molecular complexity index is 835. The Morgan fingerprint density at radius 2 is 1.91 bits per heavy atom. The molecule has 2 rings (SSSR count). The van der Waals surface area contributed by atoms with Crippen LogP contribution < -0.4 is 14.2 Å². The second kappa shape index (κ2) is 6.53. The third-order valence-electron chi connectivity index (χ3n) is 2.87. The van der Waals surface area contributed by atoms with E-state index < -0.39 is 16.0 Å². The topological polar surface area (TPSA) is 115 Å². The molecule has 0 aliphatic rings. The van der Waals surface area contributed by atoms with E-state index in [9.17, 15) is 13.2 Å². The monoisotopic (exact) mass is 338 g/mol. The van der Waals surface area contributed by atoms with E-state index in [1.54, 1.807) is 0 Å². The summed E-state index contributed by atoms with van der Waals surface area (Å²) in [6.07, 6.45) is 0. The van der Waals surface area contributed by atoms with Crippen molar-refractivity contribution in [2.45, 2.75) is 4.90 Å². The number of methoxy groups -OCH3 is 2. The van der Waals surface area contributed by atoms with Gasteiger partial charge in [0.2, 0.25) is 11.8 Å². The van der Waals surface area contributed by atoms with E-state index in [0.29, 0.717) is 0 Å². The van der Waals surface area contributed by atoms with Crippen molar-refractivity contribution in [3.63, 3.8) is 0 Å². The molecule has 0 aliphatic carbocycles. The number of carbonyl (C=O) groups is 1. The molecule has 0 fully saturated rings. The van der Waals surface area contributed by atoms with Gasteiger partial charge in [0.1, 0.15) is 5.69 Å². The number of nitrogens with zero attached hydrogens (tertiary/aromatic N) is 1. The SMILES string of the molecule is COc1ccc(NS(=O)(=O)c2cccc(C(=O)O)c2)c(OC)n1. The average molecular weight is 338 g/mol. The van der Waals surface area contributed by atoms with E-state index in [2.05, 4.69) is 9.71 Å². The zero-order valence-corrected chi connectivity index (χ0v) is 13.1. The summed E-state index contributed by atoms with van der Waals surface area (Å²) in [5, 5.41) is 8.95. The average Bonchev–Trinajstić information content (AvgIpc) is 2.55. The Kier molecular flexibility index (Phi) is 4.70. The van der Waals surface area contributed by atoms with E-state index in [1.165, 1.54) is 44.6 Å². The van der Waals surface area contributed by atoms with Crippen LogP contribution in [0.2, 0.25) is 0 Å². The molecule has 0 radical (unpaired) electrons. The van der Waals surface area contributed by atoms with Crippen molar-refractivity contribution < 1.29 is 27.8 Å². The van der Waals surface area contributed by atoms with Gasteiger partial charge in [-0.3, -0.25) is 4.72 Å². The summed E-state index contributed by atoms with van der Waals surface area (Å²) >= 11 is 0. The minimum absolute atomic E-state index is 0.0299. The number of carboxylic acids is 1. The molecule has 2 N–H and O–H groups in total. The zero-order chi connectivity index (χ0) is 17.0. The van der Waals surface area contributed by atoms with Crippen LogP contribution in [-0.4, -0.2) is 38.7 Å². The lowest BCUT2D eigenvalue weighted by atomic mass is 10.2. The lowest BCUT2D eigenvalue weighted by Crippen LogP contribution is -2.14. The molecule has 1 aromatic carbocycles. The minimum atomic E-state index is -4.00. The Labute approximate surface area is 132 Å². The first-order chi connectivity index (χ1) is 10.9. The number of hydrogen-bond acceptors (Lipinski definition) is 6. The highest BCUT2D eigenvalue weighted by Gasteiger charge is 2.19. The van der Waals surface area contributed by atoms with Crippen LogP contribution in [0.5, 0.6) is 11.8 Å². The molecule has 1 aromatic heterocycles. The van der Waals surface area contributed by atoms with Crippen LogP contribution in [0.1, 0.15) is 10.4 Å². The van der Waals surface area contributed by atoms with Crippen molar-refractivity contribution in [1.29, 1.82) is 0 Å². The minimum Gasteiger partial charge on any atom is -0.481 e. The molecule has 2 aromatic rings. The van der Waals surface area contributed by atoms with Crippen LogP contribution in [0.4, 0.5) is 5.69 Å². The molecule has 0 amide bonds. The largest absolute Gasteiger partial charge is 0.481 e. The van der Waals surface area contributed by atoms with Crippen molar-refractivity contribution in [2.24, 2.45) is 0 Å². The number of anilines is 1. The molecule has 0 bridgehead atoms. The van der Waals surface area contributed by atoms with Gasteiger partial charge in [-0.1, -0.05) is 6.07 Å². The predicted molar refractivity (Wildman–Crippen MR) is 81.6 cm³/mol. The number of sulfonamides is 1. The second-order valence-electron chi connectivity index (χ2n) is 4.35. The van der Waals surface area contributed by atoms with Gasteiger partial charge in [0.25, 0.3) is 10.0 Å². The standard InChI is InChI=1S/C14H14N2O6S/c1-21-12-7-6-11(13(15-12)22-2)16-23(19,20)10-5-3-4-9(8-10)14(17)18/h3-8,16H,1-2H3,(H,17,18). The first kappa shape index (κ1) is 16.6. The van der Waals surface area contributed by atoms with Crippen LogP contribution in [-0.2, 0) is 10.0 Å². The van der Waals surface area contributed by atoms with Crippen LogP contribution in [0.25, 0.3) is 0 Å². The number of rotatable bonds is 6. The highest BCUT2D eigenvalue weighted by atomic mass is 32.2. The van der Waals surface area contributed by atoms with E-state index in [0.717, 1.165) is 6.07 Å². The Hall–Kier alpha value is -2.81. The van der Waals surface area contributed by atoms with E-state index in [4.69, 9.17) is 14.6 Å². The molecular formula is C14H14N2O6S. The molecule has 9 heteroatoms. The van der Waals surface area contributed by atoms with Gasteiger partial charge in [-0.2, -0.15) is 4.98 Å². The summed E-state index contributed by atoms with van der Waals surface area (Å²) in [6, 6.07) is 7.90. The van der Waals surface area contributed by atoms with Crippen LogP contribution >= 0.6 is 0 Å². The number of nitrogens with one attached hydrogen (secondary N) is 1. The third kappa shape index (κ3) is 3.69. The second-order valence-corrected chi connectivity index (χ2v) is 6.03. The third-order valence-corrected chi connectivity index (χ3v) is 4.24. The molecule has 8 nitrogen and oxygen atoms in total. The highest BCUT2D eigenvalue weighted by Crippen LogP contribution is 2.27. The predicted octanol–water partition coefficient (Wildman–Crippen LogP) is 1.60. The first-order valence-electron chi connectivity index (χ1n) is 6.32. The Balaban J connectivity index is 2.38. The number of aromatic nitrogens is 1. The number of hydrogen-bond donors (Lipinski definition) is 2. The number of carboxylic acid groups (broad SMARTS) is 1. The van der Waals surface area contributed by atoms with Gasteiger partial charge < -0.3 is 14.6 Å². The maximum atomic E-state index is 12.4. The maximum Gasteiger partial charge on any atom is 0.335 e. The van der Waals surface area contributed by atoms with Crippen LogP contribution in [0.3, 0.4) is 0 Å². The van der Waals surface area contributed by atoms with Crippen LogP contribution in [0, 0.1) is 0 Å². The molecule has 1 heterocycles. The Morgan fingerprint density at radius 3 is 2.52 bits per heavy atom. The molecule has 23 heavy (non-hydrogen) atoms. The van der Waals surface area contributed by atoms with E-state index in [1.807, 2.05) is 0 Å². The van der Waals surface area contributed by atoms with Crippen LogP contribution in [0.15, 0.2) is 41.3 Å². The fourth-order valence-electron chi connectivity index (χ4n) is 1.77. The van der Waals surface area contributed by atoms with Crippen molar-refractivity contribution in [1.82, 2.24) is 4.98 Å². The fourth-order valence-corrected chi connectivity index (χ4v) is 2.87. The highest BCUT2D eigenvalue weighted by molar-refractivity contribution is 7.92. The molecule has 0 saturated heterocycles. The molecule has 0 unspecified atom stereocenters. The van der Waals surface area contributed by atoms with Gasteiger partial charge >= 0.3 is 5.97 Å². The van der Waals surface area contributed by atoms with Gasteiger partial charge in [-0.05, 0) is 24.3 Å². The summed E-state index contributed by atoms with van der Waals surface area (Å²) in [7, 11) is -1.24. The molecule has 0 aliphatic heterocycles. The van der Waals surface area contributed by atoms with Gasteiger partial charge in [0.05, 0.1) is 24.7 Å². The van der Waals surface area contributed by atoms with E-state index >= 15 is 0 Å². The van der Waals surface area contributed by atoms with Crippen molar-refractivity contribution in [3.05, 3.63) is 42.0 Å². The molecule has 0 atom stereocenters. The lowest BCUT2D eigenvalue weighted by molar-refractivity contribution is 0.0696. The molecule has 0 saturated carbocycles. The molecular weight excluding hydrogens is 324 g/mol. The Morgan fingerprint density at radius 1 is 1.17 bits per heavy atom. The number of pyridine rings is 1. The smallest absolute Gasteiger partial charge is 0.335 e. The summed E-state index contributed by atoms with van der Waals surface area (Å²) in [6.45, 7) is 0. The number of benzene rings is 1. The summed E-state index contributed by atoms with van der Waals surface area (Å²) in [5.41, 5.74) is -0.0262. The fraction of sp³-hybridized carbons (Fsp3) is 0.143. The lowest BCUT2D eigenvalue weighted by Gasteiger charge is -2.12. The first-order valence-corrected chi connectivity index (χ1v) is 7.81. The summed E-state index contributed by atoms with van der Waals surface area (Å²) in [4.78, 5) is 14.7. The van der Waals surface area contributed by atoms with Gasteiger partial charge in [0, 0.05) is 6.07 Å². The van der Waals surface area contributed by atoms with Gasteiger partial charge in [-0.15, -0.1) is 0 Å². The summed E-state index contributed by atoms with van der Waals surface area (Å²) < 4.78 is 37.0. The maximum absolute atomic E-state index is 12.4. The van der Waals surface area contributed by atoms with Gasteiger partial charge in [0.15, 0.2) is 0 Å². The molecule has 122 valence electrons. The van der Waals surface area contributed by atoms with Gasteiger partial charge in [-0.25, -0.2) is 13.2 Å². The zero-order valence-electron chi connectivity index (χ0n) is 12.3.